The monoisotopic (exact) mass is 411 g/mol. The fourth-order valence-electron chi connectivity index (χ4n) is 3.79. The minimum Gasteiger partial charge on any atom is -0.493 e. The van der Waals surface area contributed by atoms with Gasteiger partial charge in [0.15, 0.2) is 11.5 Å². The Morgan fingerprint density at radius 1 is 1.00 bits per heavy atom. The lowest BCUT2D eigenvalue weighted by molar-refractivity contribution is -0.121. The molecular formula is C24H33N3O3. The predicted octanol–water partition coefficient (Wildman–Crippen LogP) is 3.47. The number of nitrogens with one attached hydrogen (secondary N) is 1. The molecule has 3 rings (SSSR count). The zero-order chi connectivity index (χ0) is 21.7. The molecule has 1 saturated heterocycles. The smallest absolute Gasteiger partial charge is 0.241 e. The number of ether oxygens (including phenoxy) is 2. The summed E-state index contributed by atoms with van der Waals surface area (Å²) >= 11 is 0. The maximum Gasteiger partial charge on any atom is 0.241 e. The molecule has 6 nitrogen and oxygen atoms in total. The van der Waals surface area contributed by atoms with Crippen LogP contribution in [0.15, 0.2) is 36.4 Å². The van der Waals surface area contributed by atoms with E-state index in [2.05, 4.69) is 28.1 Å². The van der Waals surface area contributed by atoms with Crippen molar-refractivity contribution in [2.24, 2.45) is 0 Å². The van der Waals surface area contributed by atoms with Crippen LogP contribution in [-0.2, 0) is 11.3 Å². The lowest BCUT2D eigenvalue weighted by Crippen LogP contribution is -2.52. The van der Waals surface area contributed by atoms with Crippen LogP contribution < -0.4 is 14.8 Å². The number of anilines is 1. The average molecular weight is 412 g/mol. The molecule has 1 amide bonds. The largest absolute Gasteiger partial charge is 0.493 e. The Bertz CT molecular complexity index is 859. The number of methoxy groups -OCH3 is 2. The molecule has 1 atom stereocenters. The van der Waals surface area contributed by atoms with Crippen LogP contribution in [0.2, 0.25) is 0 Å². The number of hydrogen-bond acceptors (Lipinski definition) is 5. The van der Waals surface area contributed by atoms with E-state index in [4.69, 9.17) is 9.47 Å². The zero-order valence-corrected chi connectivity index (χ0v) is 18.7. The van der Waals surface area contributed by atoms with Crippen LogP contribution >= 0.6 is 0 Å². The number of aryl methyl sites for hydroxylation is 2. The summed E-state index contributed by atoms with van der Waals surface area (Å²) < 4.78 is 10.8. The van der Waals surface area contributed by atoms with Crippen molar-refractivity contribution in [2.75, 3.05) is 45.7 Å². The molecule has 0 bridgehead atoms. The fourth-order valence-corrected chi connectivity index (χ4v) is 3.79. The quantitative estimate of drug-likeness (QED) is 0.756. The van der Waals surface area contributed by atoms with Crippen LogP contribution in [0.25, 0.3) is 0 Å². The van der Waals surface area contributed by atoms with Crippen molar-refractivity contribution in [3.63, 3.8) is 0 Å². The minimum atomic E-state index is -0.156. The molecule has 1 aliphatic heterocycles. The van der Waals surface area contributed by atoms with Gasteiger partial charge >= 0.3 is 0 Å². The van der Waals surface area contributed by atoms with Crippen molar-refractivity contribution in [3.8, 4) is 11.5 Å². The third-order valence-electron chi connectivity index (χ3n) is 5.89. The van der Waals surface area contributed by atoms with Crippen LogP contribution in [0.4, 0.5) is 5.69 Å². The van der Waals surface area contributed by atoms with E-state index in [1.165, 1.54) is 16.7 Å². The van der Waals surface area contributed by atoms with Gasteiger partial charge in [0.1, 0.15) is 0 Å². The Morgan fingerprint density at radius 3 is 2.20 bits per heavy atom. The van der Waals surface area contributed by atoms with E-state index in [0.717, 1.165) is 49.9 Å². The van der Waals surface area contributed by atoms with Gasteiger partial charge in [-0.3, -0.25) is 14.6 Å². The van der Waals surface area contributed by atoms with Crippen molar-refractivity contribution >= 4 is 11.6 Å². The van der Waals surface area contributed by atoms with Gasteiger partial charge in [0.25, 0.3) is 0 Å². The van der Waals surface area contributed by atoms with Gasteiger partial charge in [0.2, 0.25) is 5.91 Å². The molecule has 0 saturated carbocycles. The first-order valence-corrected chi connectivity index (χ1v) is 10.5. The molecule has 0 aliphatic carbocycles. The standard InChI is InChI=1S/C24H33N3O3/c1-17-6-8-21(9-7-17)25-24(28)19(3)27-12-10-26(11-13-27)16-20-15-23(30-5)22(29-4)14-18(20)2/h6-9,14-15,19H,10-13,16H2,1-5H3,(H,25,28). The Labute approximate surface area is 179 Å². The first-order chi connectivity index (χ1) is 14.4. The van der Waals surface area contributed by atoms with Gasteiger partial charge in [0, 0.05) is 38.4 Å². The summed E-state index contributed by atoms with van der Waals surface area (Å²) in [5.41, 5.74) is 4.47. The van der Waals surface area contributed by atoms with E-state index in [0.29, 0.717) is 0 Å². The third kappa shape index (κ3) is 5.32. The van der Waals surface area contributed by atoms with E-state index in [-0.39, 0.29) is 11.9 Å². The van der Waals surface area contributed by atoms with Crippen LogP contribution in [-0.4, -0.2) is 62.1 Å². The number of carbonyl (C=O) groups excluding carboxylic acids is 1. The van der Waals surface area contributed by atoms with Gasteiger partial charge in [0.05, 0.1) is 20.3 Å². The first-order valence-electron chi connectivity index (χ1n) is 10.5. The first kappa shape index (κ1) is 22.1. The van der Waals surface area contributed by atoms with Gasteiger partial charge in [-0.25, -0.2) is 0 Å². The molecule has 30 heavy (non-hydrogen) atoms. The molecule has 1 aliphatic rings. The van der Waals surface area contributed by atoms with Crippen LogP contribution in [0, 0.1) is 13.8 Å². The second-order valence-corrected chi connectivity index (χ2v) is 7.98. The summed E-state index contributed by atoms with van der Waals surface area (Å²) in [6.45, 7) is 10.6. The summed E-state index contributed by atoms with van der Waals surface area (Å²) in [6.07, 6.45) is 0. The highest BCUT2D eigenvalue weighted by molar-refractivity contribution is 5.94. The number of piperazine rings is 1. The van der Waals surface area contributed by atoms with E-state index >= 15 is 0 Å². The number of rotatable bonds is 7. The van der Waals surface area contributed by atoms with Crippen molar-refractivity contribution in [1.82, 2.24) is 9.80 Å². The molecule has 0 radical (unpaired) electrons. The summed E-state index contributed by atoms with van der Waals surface area (Å²) in [5.74, 6) is 1.57. The lowest BCUT2D eigenvalue weighted by atomic mass is 10.1. The van der Waals surface area contributed by atoms with Gasteiger partial charge in [-0.2, -0.15) is 0 Å². The second-order valence-electron chi connectivity index (χ2n) is 7.98. The molecule has 0 aromatic heterocycles. The highest BCUT2D eigenvalue weighted by atomic mass is 16.5. The molecule has 2 aromatic carbocycles. The van der Waals surface area contributed by atoms with E-state index in [9.17, 15) is 4.79 Å². The lowest BCUT2D eigenvalue weighted by Gasteiger charge is -2.37. The highest BCUT2D eigenvalue weighted by Crippen LogP contribution is 2.31. The van der Waals surface area contributed by atoms with E-state index < -0.39 is 0 Å². The molecule has 1 fully saturated rings. The number of nitrogens with zero attached hydrogens (tertiary/aromatic N) is 2. The summed E-state index contributed by atoms with van der Waals surface area (Å²) in [6, 6.07) is 11.9. The number of benzene rings is 2. The van der Waals surface area contributed by atoms with Gasteiger partial charge in [-0.05, 0) is 56.2 Å². The van der Waals surface area contributed by atoms with Gasteiger partial charge in [-0.1, -0.05) is 17.7 Å². The summed E-state index contributed by atoms with van der Waals surface area (Å²) in [4.78, 5) is 17.3. The number of amides is 1. The van der Waals surface area contributed by atoms with Gasteiger partial charge in [-0.15, -0.1) is 0 Å². The summed E-state index contributed by atoms with van der Waals surface area (Å²) in [5, 5.41) is 3.03. The Morgan fingerprint density at radius 2 is 1.60 bits per heavy atom. The van der Waals surface area contributed by atoms with Crippen molar-refractivity contribution in [1.29, 1.82) is 0 Å². The maximum absolute atomic E-state index is 12.7. The maximum atomic E-state index is 12.7. The van der Waals surface area contributed by atoms with Crippen molar-refractivity contribution in [3.05, 3.63) is 53.1 Å². The topological polar surface area (TPSA) is 54.0 Å². The fraction of sp³-hybridized carbons (Fsp3) is 0.458. The third-order valence-corrected chi connectivity index (χ3v) is 5.89. The molecule has 1 unspecified atom stereocenters. The normalized spacial score (nSPS) is 16.2. The average Bonchev–Trinajstić information content (AvgIpc) is 2.76. The SMILES string of the molecule is COc1cc(C)c(CN2CCN(C(C)C(=O)Nc3ccc(C)cc3)CC2)cc1OC. The second kappa shape index (κ2) is 9.96. The minimum absolute atomic E-state index is 0.0445. The molecule has 6 heteroatoms. The Kier molecular flexibility index (Phi) is 7.34. The molecule has 162 valence electrons. The predicted molar refractivity (Wildman–Crippen MR) is 120 cm³/mol. The number of hydrogen-bond donors (Lipinski definition) is 1. The van der Waals surface area contributed by atoms with Crippen molar-refractivity contribution in [2.45, 2.75) is 33.4 Å². The van der Waals surface area contributed by atoms with Gasteiger partial charge < -0.3 is 14.8 Å². The Hall–Kier alpha value is -2.57. The molecule has 1 N–H and O–H groups in total. The van der Waals surface area contributed by atoms with Crippen LogP contribution in [0.1, 0.15) is 23.6 Å². The van der Waals surface area contributed by atoms with Crippen LogP contribution in [0.5, 0.6) is 11.5 Å². The molecule has 1 heterocycles. The zero-order valence-electron chi connectivity index (χ0n) is 18.7. The molecule has 0 spiro atoms. The Balaban J connectivity index is 1.54. The van der Waals surface area contributed by atoms with E-state index in [1.807, 2.05) is 44.2 Å². The highest BCUT2D eigenvalue weighted by Gasteiger charge is 2.26. The summed E-state index contributed by atoms with van der Waals surface area (Å²) in [7, 11) is 3.32. The van der Waals surface area contributed by atoms with Crippen LogP contribution in [0.3, 0.4) is 0 Å². The van der Waals surface area contributed by atoms with Crippen molar-refractivity contribution < 1.29 is 14.3 Å². The number of carbonyl (C=O) groups is 1. The van der Waals surface area contributed by atoms with E-state index in [1.54, 1.807) is 14.2 Å². The molecule has 2 aromatic rings. The molecular weight excluding hydrogens is 378 g/mol.